The summed E-state index contributed by atoms with van der Waals surface area (Å²) in [6.45, 7) is 8.87. The Labute approximate surface area is 112 Å². The van der Waals surface area contributed by atoms with E-state index in [9.17, 15) is 0 Å². The SMILES string of the molecule is Cc1ccc(C(C)NCCCCN(C)C)cc1C. The Morgan fingerprint density at radius 1 is 1.11 bits per heavy atom. The Bertz CT molecular complexity index is 358. The highest BCUT2D eigenvalue weighted by Gasteiger charge is 2.05. The molecule has 0 aliphatic rings. The molecule has 0 radical (unpaired) electrons. The van der Waals surface area contributed by atoms with E-state index in [1.807, 2.05) is 0 Å². The number of hydrogen-bond donors (Lipinski definition) is 1. The predicted octanol–water partition coefficient (Wildman–Crippen LogP) is 3.30. The van der Waals surface area contributed by atoms with E-state index >= 15 is 0 Å². The minimum absolute atomic E-state index is 0.448. The molecule has 1 unspecified atom stereocenters. The maximum atomic E-state index is 3.60. The van der Waals surface area contributed by atoms with Crippen LogP contribution in [-0.4, -0.2) is 32.1 Å². The van der Waals surface area contributed by atoms with E-state index in [0.29, 0.717) is 6.04 Å². The number of aryl methyl sites for hydroxylation is 2. The van der Waals surface area contributed by atoms with Gasteiger partial charge in [0.2, 0.25) is 0 Å². The first-order valence-corrected chi connectivity index (χ1v) is 6.96. The van der Waals surface area contributed by atoms with Gasteiger partial charge in [-0.2, -0.15) is 0 Å². The van der Waals surface area contributed by atoms with Gasteiger partial charge in [0.15, 0.2) is 0 Å². The minimum atomic E-state index is 0.448. The topological polar surface area (TPSA) is 15.3 Å². The normalized spacial score (nSPS) is 13.0. The van der Waals surface area contributed by atoms with Gasteiger partial charge in [-0.3, -0.25) is 0 Å². The number of rotatable bonds is 7. The summed E-state index contributed by atoms with van der Waals surface area (Å²) in [6.07, 6.45) is 2.51. The van der Waals surface area contributed by atoms with Crippen molar-refractivity contribution in [3.05, 3.63) is 34.9 Å². The van der Waals surface area contributed by atoms with E-state index in [1.54, 1.807) is 0 Å². The number of hydrogen-bond acceptors (Lipinski definition) is 2. The summed E-state index contributed by atoms with van der Waals surface area (Å²) in [5.41, 5.74) is 4.15. The van der Waals surface area contributed by atoms with Crippen LogP contribution < -0.4 is 5.32 Å². The molecule has 0 amide bonds. The van der Waals surface area contributed by atoms with Gasteiger partial charge in [0, 0.05) is 6.04 Å². The second-order valence-electron chi connectivity index (χ2n) is 5.53. The molecular formula is C16H28N2. The summed E-state index contributed by atoms with van der Waals surface area (Å²) >= 11 is 0. The Morgan fingerprint density at radius 2 is 1.83 bits per heavy atom. The van der Waals surface area contributed by atoms with E-state index in [-0.39, 0.29) is 0 Å². The number of nitrogens with zero attached hydrogens (tertiary/aromatic N) is 1. The second kappa shape index (κ2) is 7.55. The fourth-order valence-corrected chi connectivity index (χ4v) is 2.02. The van der Waals surface area contributed by atoms with Gasteiger partial charge in [0.1, 0.15) is 0 Å². The molecule has 0 saturated heterocycles. The molecule has 1 rings (SSSR count). The lowest BCUT2D eigenvalue weighted by Crippen LogP contribution is -2.21. The Balaban J connectivity index is 2.31. The zero-order valence-electron chi connectivity index (χ0n) is 12.6. The standard InChI is InChI=1S/C16H28N2/c1-13-8-9-16(12-14(13)2)15(3)17-10-6-7-11-18(4)5/h8-9,12,15,17H,6-7,10-11H2,1-5H3. The van der Waals surface area contributed by atoms with Crippen LogP contribution in [-0.2, 0) is 0 Å². The molecule has 2 heteroatoms. The van der Waals surface area contributed by atoms with Crippen LogP contribution in [0.1, 0.15) is 42.5 Å². The van der Waals surface area contributed by atoms with Crippen LogP contribution in [0.3, 0.4) is 0 Å². The highest BCUT2D eigenvalue weighted by Crippen LogP contribution is 2.16. The van der Waals surface area contributed by atoms with E-state index in [4.69, 9.17) is 0 Å². The highest BCUT2D eigenvalue weighted by atomic mass is 15.0. The average Bonchev–Trinajstić information content (AvgIpc) is 2.31. The fourth-order valence-electron chi connectivity index (χ4n) is 2.02. The minimum Gasteiger partial charge on any atom is -0.310 e. The van der Waals surface area contributed by atoms with Crippen molar-refractivity contribution in [3.63, 3.8) is 0 Å². The van der Waals surface area contributed by atoms with Gasteiger partial charge in [0.05, 0.1) is 0 Å². The van der Waals surface area contributed by atoms with Crippen molar-refractivity contribution in [2.24, 2.45) is 0 Å². The number of unbranched alkanes of at least 4 members (excludes halogenated alkanes) is 1. The summed E-state index contributed by atoms with van der Waals surface area (Å²) < 4.78 is 0. The summed E-state index contributed by atoms with van der Waals surface area (Å²) in [4.78, 5) is 2.24. The van der Waals surface area contributed by atoms with Crippen LogP contribution in [0.4, 0.5) is 0 Å². The van der Waals surface area contributed by atoms with Crippen LogP contribution in [0, 0.1) is 13.8 Å². The molecule has 1 N–H and O–H groups in total. The molecule has 0 spiro atoms. The molecule has 2 nitrogen and oxygen atoms in total. The van der Waals surface area contributed by atoms with Gasteiger partial charge in [-0.25, -0.2) is 0 Å². The van der Waals surface area contributed by atoms with E-state index in [0.717, 1.165) is 6.54 Å². The molecular weight excluding hydrogens is 220 g/mol. The molecule has 0 aromatic heterocycles. The van der Waals surface area contributed by atoms with Gasteiger partial charge in [0.25, 0.3) is 0 Å². The highest BCUT2D eigenvalue weighted by molar-refractivity contribution is 5.31. The quantitative estimate of drug-likeness (QED) is 0.745. The molecule has 0 aliphatic heterocycles. The van der Waals surface area contributed by atoms with Crippen molar-refractivity contribution in [3.8, 4) is 0 Å². The number of benzene rings is 1. The number of nitrogens with one attached hydrogen (secondary N) is 1. The molecule has 0 heterocycles. The molecule has 0 fully saturated rings. The van der Waals surface area contributed by atoms with Crippen LogP contribution in [0.2, 0.25) is 0 Å². The first kappa shape index (κ1) is 15.2. The van der Waals surface area contributed by atoms with Gasteiger partial charge in [-0.1, -0.05) is 18.2 Å². The maximum Gasteiger partial charge on any atom is 0.0291 e. The molecule has 0 bridgehead atoms. The van der Waals surface area contributed by atoms with Crippen LogP contribution in [0.15, 0.2) is 18.2 Å². The van der Waals surface area contributed by atoms with Crippen LogP contribution in [0.5, 0.6) is 0 Å². The second-order valence-corrected chi connectivity index (χ2v) is 5.53. The fraction of sp³-hybridized carbons (Fsp3) is 0.625. The largest absolute Gasteiger partial charge is 0.310 e. The Morgan fingerprint density at radius 3 is 2.44 bits per heavy atom. The average molecular weight is 248 g/mol. The molecule has 1 aromatic carbocycles. The van der Waals surface area contributed by atoms with Crippen LogP contribution >= 0.6 is 0 Å². The molecule has 18 heavy (non-hydrogen) atoms. The van der Waals surface area contributed by atoms with Gasteiger partial charge >= 0.3 is 0 Å². The van der Waals surface area contributed by atoms with Gasteiger partial charge in [-0.05, 0) is 77.5 Å². The molecule has 0 aliphatic carbocycles. The summed E-state index contributed by atoms with van der Waals surface area (Å²) in [6, 6.07) is 7.20. The smallest absolute Gasteiger partial charge is 0.0291 e. The lowest BCUT2D eigenvalue weighted by molar-refractivity contribution is 0.389. The van der Waals surface area contributed by atoms with E-state index in [2.05, 4.69) is 63.3 Å². The lowest BCUT2D eigenvalue weighted by Gasteiger charge is -2.16. The molecule has 1 aromatic rings. The maximum absolute atomic E-state index is 3.60. The molecule has 102 valence electrons. The van der Waals surface area contributed by atoms with Crippen molar-refractivity contribution in [2.75, 3.05) is 27.2 Å². The third kappa shape index (κ3) is 5.19. The van der Waals surface area contributed by atoms with Gasteiger partial charge < -0.3 is 10.2 Å². The van der Waals surface area contributed by atoms with Crippen molar-refractivity contribution >= 4 is 0 Å². The van der Waals surface area contributed by atoms with Crippen molar-refractivity contribution in [1.29, 1.82) is 0 Å². The van der Waals surface area contributed by atoms with Crippen molar-refractivity contribution in [2.45, 2.75) is 39.7 Å². The lowest BCUT2D eigenvalue weighted by atomic mass is 10.0. The summed E-state index contributed by atoms with van der Waals surface area (Å²) in [5.74, 6) is 0. The predicted molar refractivity (Wildman–Crippen MR) is 80.1 cm³/mol. The monoisotopic (exact) mass is 248 g/mol. The Kier molecular flexibility index (Phi) is 6.37. The molecule has 0 saturated carbocycles. The third-order valence-electron chi connectivity index (χ3n) is 3.51. The molecule has 1 atom stereocenters. The zero-order valence-corrected chi connectivity index (χ0v) is 12.6. The summed E-state index contributed by atoms with van der Waals surface area (Å²) in [7, 11) is 4.26. The van der Waals surface area contributed by atoms with E-state index < -0.39 is 0 Å². The van der Waals surface area contributed by atoms with Crippen LogP contribution in [0.25, 0.3) is 0 Å². The summed E-state index contributed by atoms with van der Waals surface area (Å²) in [5, 5.41) is 3.60. The van der Waals surface area contributed by atoms with Crippen molar-refractivity contribution < 1.29 is 0 Å². The Hall–Kier alpha value is -0.860. The zero-order chi connectivity index (χ0) is 13.5. The third-order valence-corrected chi connectivity index (χ3v) is 3.51. The first-order valence-electron chi connectivity index (χ1n) is 6.96. The van der Waals surface area contributed by atoms with Crippen molar-refractivity contribution in [1.82, 2.24) is 10.2 Å². The first-order chi connectivity index (χ1) is 8.50. The van der Waals surface area contributed by atoms with Gasteiger partial charge in [-0.15, -0.1) is 0 Å². The van der Waals surface area contributed by atoms with E-state index in [1.165, 1.54) is 36.1 Å².